The Kier molecular flexibility index (Phi) is 1.53. The Morgan fingerprint density at radius 1 is 1.88 bits per heavy atom. The Morgan fingerprint density at radius 3 is 2.88 bits per heavy atom. The van der Waals surface area contributed by atoms with Gasteiger partial charge in [0.05, 0.1) is 6.54 Å². The van der Waals surface area contributed by atoms with Gasteiger partial charge in [-0.2, -0.15) is 5.10 Å². The third kappa shape index (κ3) is 1.01. The number of rotatable bonds is 0. The Morgan fingerprint density at radius 2 is 2.62 bits per heavy atom. The Hall–Kier alpha value is -0.510. The van der Waals surface area contributed by atoms with Crippen LogP contribution in [0.25, 0.3) is 0 Å². The first-order chi connectivity index (χ1) is 3.80. The van der Waals surface area contributed by atoms with Gasteiger partial charge in [-0.3, -0.25) is 4.79 Å². The molecule has 0 bridgehead atoms. The molecule has 0 atom stereocenters. The molecule has 0 aliphatic carbocycles. The largest absolute Gasteiger partial charge is 0.298 e. The minimum atomic E-state index is -0.279. The molecule has 0 spiro atoms. The summed E-state index contributed by atoms with van der Waals surface area (Å²) in [4.78, 5) is 10.3. The van der Waals surface area contributed by atoms with Gasteiger partial charge in [-0.15, -0.1) is 0 Å². The molecule has 0 aromatic carbocycles. The molecule has 8 heavy (non-hydrogen) atoms. The highest BCUT2D eigenvalue weighted by molar-refractivity contribution is 7.96. The van der Waals surface area contributed by atoms with Crippen LogP contribution in [0.3, 0.4) is 0 Å². The third-order valence-electron chi connectivity index (χ3n) is 0.912. The summed E-state index contributed by atoms with van der Waals surface area (Å²) in [6.07, 6.45) is 2.56. The molecule has 0 N–H and O–H groups in total. The van der Waals surface area contributed by atoms with Crippen LogP contribution in [0.2, 0.25) is 0 Å². The predicted molar refractivity (Wildman–Crippen MR) is 34.2 cm³/mol. The monoisotopic (exact) mass is 130 g/mol. The standard InChI is InChI=1S/C4H6N2OS/c7-4(8)6-3-1-2-5-6/h2H,1,3H2,(H,7,8). The number of carbonyl (C=O) groups excluding carboxylic acids is 1. The molecule has 0 aromatic heterocycles. The quantitative estimate of drug-likeness (QED) is 0.482. The van der Waals surface area contributed by atoms with E-state index in [1.165, 1.54) is 5.01 Å². The second-order valence-corrected chi connectivity index (χ2v) is 1.88. The molecular formula is C4H6N2OS. The van der Waals surface area contributed by atoms with Gasteiger partial charge in [0.2, 0.25) is 0 Å². The molecular weight excluding hydrogens is 124 g/mol. The van der Waals surface area contributed by atoms with E-state index in [2.05, 4.69) is 17.7 Å². The molecule has 1 heterocycles. The van der Waals surface area contributed by atoms with Gasteiger partial charge in [-0.05, 0) is 0 Å². The van der Waals surface area contributed by atoms with Crippen LogP contribution < -0.4 is 0 Å². The number of carbonyl (C=O) groups is 1. The van der Waals surface area contributed by atoms with Gasteiger partial charge in [-0.1, -0.05) is 12.6 Å². The lowest BCUT2D eigenvalue weighted by atomic mass is 10.5. The van der Waals surface area contributed by atoms with Crippen molar-refractivity contribution in [2.24, 2.45) is 5.10 Å². The van der Waals surface area contributed by atoms with E-state index in [9.17, 15) is 4.79 Å². The van der Waals surface area contributed by atoms with Gasteiger partial charge >= 0.3 is 0 Å². The van der Waals surface area contributed by atoms with Crippen molar-refractivity contribution in [2.45, 2.75) is 6.42 Å². The third-order valence-corrected chi connectivity index (χ3v) is 1.14. The highest BCUT2D eigenvalue weighted by Gasteiger charge is 2.09. The molecule has 3 nitrogen and oxygen atoms in total. The zero-order chi connectivity index (χ0) is 5.98. The summed E-state index contributed by atoms with van der Waals surface area (Å²) in [5.74, 6) is 0. The topological polar surface area (TPSA) is 32.7 Å². The maximum atomic E-state index is 10.3. The molecule has 1 aliphatic heterocycles. The first kappa shape index (κ1) is 5.62. The Balaban J connectivity index is 2.48. The first-order valence-electron chi connectivity index (χ1n) is 2.33. The normalized spacial score (nSPS) is 17.4. The van der Waals surface area contributed by atoms with Crippen molar-refractivity contribution in [2.75, 3.05) is 6.54 Å². The summed E-state index contributed by atoms with van der Waals surface area (Å²) in [6, 6.07) is 0. The van der Waals surface area contributed by atoms with Crippen LogP contribution >= 0.6 is 12.6 Å². The molecule has 1 aliphatic rings. The van der Waals surface area contributed by atoms with Gasteiger partial charge in [0, 0.05) is 12.6 Å². The molecule has 1 amide bonds. The van der Waals surface area contributed by atoms with E-state index in [1.807, 2.05) is 0 Å². The van der Waals surface area contributed by atoms with Gasteiger partial charge in [0.15, 0.2) is 0 Å². The van der Waals surface area contributed by atoms with Crippen LogP contribution in [0, 0.1) is 0 Å². The van der Waals surface area contributed by atoms with Crippen LogP contribution in [0.5, 0.6) is 0 Å². The van der Waals surface area contributed by atoms with Crippen LogP contribution in [-0.2, 0) is 0 Å². The summed E-state index contributed by atoms with van der Waals surface area (Å²) in [6.45, 7) is 0.683. The number of amides is 1. The zero-order valence-electron chi connectivity index (χ0n) is 4.24. The number of hydrogen-bond acceptors (Lipinski definition) is 2. The molecule has 44 valence electrons. The van der Waals surface area contributed by atoms with Crippen molar-refractivity contribution < 1.29 is 4.79 Å². The van der Waals surface area contributed by atoms with E-state index in [0.29, 0.717) is 6.54 Å². The van der Waals surface area contributed by atoms with Crippen molar-refractivity contribution in [3.8, 4) is 0 Å². The maximum absolute atomic E-state index is 10.3. The van der Waals surface area contributed by atoms with Crippen molar-refractivity contribution in [3.05, 3.63) is 0 Å². The highest BCUT2D eigenvalue weighted by atomic mass is 32.1. The van der Waals surface area contributed by atoms with E-state index in [0.717, 1.165) is 6.42 Å². The lowest BCUT2D eigenvalue weighted by Crippen LogP contribution is -2.16. The second-order valence-electron chi connectivity index (χ2n) is 1.49. The van der Waals surface area contributed by atoms with E-state index < -0.39 is 0 Å². The fourth-order valence-electron chi connectivity index (χ4n) is 0.539. The Labute approximate surface area is 52.8 Å². The average molecular weight is 130 g/mol. The number of nitrogens with zero attached hydrogens (tertiary/aromatic N) is 2. The number of hydrogen-bond donors (Lipinski definition) is 1. The van der Waals surface area contributed by atoms with Crippen LogP contribution in [0.4, 0.5) is 4.79 Å². The zero-order valence-corrected chi connectivity index (χ0v) is 5.14. The van der Waals surface area contributed by atoms with E-state index in [4.69, 9.17) is 0 Å². The van der Waals surface area contributed by atoms with Crippen LogP contribution in [0.1, 0.15) is 6.42 Å². The minimum absolute atomic E-state index is 0.279. The molecule has 0 saturated carbocycles. The van der Waals surface area contributed by atoms with Crippen molar-refractivity contribution >= 4 is 24.1 Å². The SMILES string of the molecule is O=C(S)N1CCC=N1. The summed E-state index contributed by atoms with van der Waals surface area (Å²) >= 11 is 3.57. The smallest absolute Gasteiger partial charge is 0.260 e. The average Bonchev–Trinajstić information content (AvgIpc) is 2.12. The Bertz CT molecular complexity index is 134. The number of hydrazone groups is 1. The molecule has 0 saturated heterocycles. The fourth-order valence-corrected chi connectivity index (χ4v) is 0.691. The number of thiol groups is 1. The molecule has 0 unspecified atom stereocenters. The van der Waals surface area contributed by atoms with Gasteiger partial charge < -0.3 is 0 Å². The summed E-state index contributed by atoms with van der Waals surface area (Å²) in [5, 5.41) is 4.76. The predicted octanol–water partition coefficient (Wildman–Crippen LogP) is 0.728. The molecule has 0 fully saturated rings. The van der Waals surface area contributed by atoms with Crippen molar-refractivity contribution in [1.82, 2.24) is 5.01 Å². The summed E-state index contributed by atoms with van der Waals surface area (Å²) < 4.78 is 0. The molecule has 0 aromatic rings. The van der Waals surface area contributed by atoms with Crippen molar-refractivity contribution in [1.29, 1.82) is 0 Å². The lowest BCUT2D eigenvalue weighted by molar-refractivity contribution is 0.231. The second kappa shape index (κ2) is 2.17. The van der Waals surface area contributed by atoms with Gasteiger partial charge in [0.25, 0.3) is 5.24 Å². The summed E-state index contributed by atoms with van der Waals surface area (Å²) in [7, 11) is 0. The minimum Gasteiger partial charge on any atom is -0.260 e. The summed E-state index contributed by atoms with van der Waals surface area (Å²) in [5.41, 5.74) is 0. The molecule has 4 heteroatoms. The van der Waals surface area contributed by atoms with Crippen LogP contribution in [-0.4, -0.2) is 23.0 Å². The van der Waals surface area contributed by atoms with E-state index in [-0.39, 0.29) is 5.24 Å². The van der Waals surface area contributed by atoms with Crippen molar-refractivity contribution in [3.63, 3.8) is 0 Å². The fraction of sp³-hybridized carbons (Fsp3) is 0.500. The highest BCUT2D eigenvalue weighted by Crippen LogP contribution is 2.02. The first-order valence-corrected chi connectivity index (χ1v) is 2.78. The molecule has 0 radical (unpaired) electrons. The van der Waals surface area contributed by atoms with E-state index >= 15 is 0 Å². The maximum Gasteiger partial charge on any atom is 0.298 e. The lowest BCUT2D eigenvalue weighted by Gasteiger charge is -2.04. The van der Waals surface area contributed by atoms with E-state index in [1.54, 1.807) is 6.21 Å². The van der Waals surface area contributed by atoms with Gasteiger partial charge in [0.1, 0.15) is 0 Å². The van der Waals surface area contributed by atoms with Gasteiger partial charge in [-0.25, -0.2) is 5.01 Å². The molecule has 1 rings (SSSR count). The van der Waals surface area contributed by atoms with Crippen LogP contribution in [0.15, 0.2) is 5.10 Å².